The molecular weight excluding hydrogens is 828 g/mol. The molecule has 0 aliphatic heterocycles. The molecule has 396 valence electrons. The molecule has 9 saturated carbocycles. The van der Waals surface area contributed by atoms with Gasteiger partial charge in [-0.1, -0.05) is 165 Å². The Morgan fingerprint density at radius 2 is 0.591 bits per heavy atom. The van der Waals surface area contributed by atoms with E-state index in [0.717, 1.165) is 52.3 Å². The summed E-state index contributed by atoms with van der Waals surface area (Å²) in [5, 5.41) is 0. The largest absolute Gasteiger partial charge is 0.392 e. The zero-order chi connectivity index (χ0) is 51.4. The van der Waals surface area contributed by atoms with E-state index in [-0.39, 0.29) is 24.2 Å². The highest BCUT2D eigenvalue weighted by Crippen LogP contribution is 2.50. The molecule has 4 unspecified atom stereocenters. The summed E-state index contributed by atoms with van der Waals surface area (Å²) in [6.07, 6.45) is 19.4. The third-order valence-electron chi connectivity index (χ3n) is 17.2. The van der Waals surface area contributed by atoms with Crippen molar-refractivity contribution < 1.29 is 22.0 Å². The van der Waals surface area contributed by atoms with Crippen molar-refractivity contribution in [3.63, 3.8) is 0 Å². The van der Waals surface area contributed by atoms with Crippen molar-refractivity contribution >= 4 is 0 Å². The van der Waals surface area contributed by atoms with Crippen molar-refractivity contribution in [3.05, 3.63) is 0 Å². The van der Waals surface area contributed by atoms with Crippen molar-refractivity contribution in [1.29, 1.82) is 0 Å². The summed E-state index contributed by atoms with van der Waals surface area (Å²) < 4.78 is 59.6. The fourth-order valence-corrected chi connectivity index (χ4v) is 13.6. The van der Waals surface area contributed by atoms with Crippen molar-refractivity contribution in [3.8, 4) is 0 Å². The van der Waals surface area contributed by atoms with Crippen LogP contribution in [0.2, 0.25) is 0 Å². The van der Waals surface area contributed by atoms with E-state index in [1.54, 1.807) is 13.8 Å². The van der Waals surface area contributed by atoms with Crippen LogP contribution in [0.15, 0.2) is 0 Å². The number of alkyl halides is 5. The maximum absolute atomic E-state index is 11.9. The Morgan fingerprint density at radius 3 is 0.652 bits per heavy atom. The highest BCUT2D eigenvalue weighted by molar-refractivity contribution is 4.89. The fourth-order valence-electron chi connectivity index (χ4n) is 13.6. The van der Waals surface area contributed by atoms with Gasteiger partial charge in [0.1, 0.15) is 12.3 Å². The second-order valence-electron chi connectivity index (χ2n) is 30.1. The predicted molar refractivity (Wildman–Crippen MR) is 281 cm³/mol. The Morgan fingerprint density at radius 1 is 0.333 bits per heavy atom. The van der Waals surface area contributed by atoms with Gasteiger partial charge in [-0.2, -0.15) is 13.2 Å². The van der Waals surface area contributed by atoms with Crippen molar-refractivity contribution in [2.24, 2.45) is 97.6 Å². The molecule has 0 aromatic heterocycles. The summed E-state index contributed by atoms with van der Waals surface area (Å²) in [5.41, 5.74) is 4.00. The molecule has 9 aliphatic carbocycles. The van der Waals surface area contributed by atoms with Crippen LogP contribution in [-0.2, 0) is 0 Å². The number of hydrogen-bond acceptors (Lipinski definition) is 0. The molecule has 0 N–H and O–H groups in total. The van der Waals surface area contributed by atoms with Gasteiger partial charge in [0, 0.05) is 12.3 Å². The lowest BCUT2D eigenvalue weighted by Gasteiger charge is -2.44. The number of hydrogen-bond donors (Lipinski definition) is 0. The van der Waals surface area contributed by atoms with E-state index in [1.807, 2.05) is 6.92 Å². The van der Waals surface area contributed by atoms with Gasteiger partial charge in [0.25, 0.3) is 0 Å². The van der Waals surface area contributed by atoms with Crippen LogP contribution in [0, 0.1) is 97.6 Å². The monoisotopic (exact) mass is 945 g/mol. The summed E-state index contributed by atoms with van der Waals surface area (Å²) in [6.45, 7) is 49.8. The molecule has 0 aromatic rings. The van der Waals surface area contributed by atoms with Crippen molar-refractivity contribution in [1.82, 2.24) is 0 Å². The quantitative estimate of drug-likeness (QED) is 0.212. The van der Waals surface area contributed by atoms with Crippen LogP contribution in [0.5, 0.6) is 0 Å². The van der Waals surface area contributed by atoms with E-state index in [4.69, 9.17) is 0 Å². The Balaban J connectivity index is 0.000000374. The van der Waals surface area contributed by atoms with Gasteiger partial charge in [0.15, 0.2) is 0 Å². The molecule has 66 heavy (non-hydrogen) atoms. The third-order valence-corrected chi connectivity index (χ3v) is 17.2. The van der Waals surface area contributed by atoms with Crippen LogP contribution in [0.4, 0.5) is 22.0 Å². The molecule has 0 amide bonds. The Kier molecular flexibility index (Phi) is 25.4. The van der Waals surface area contributed by atoms with E-state index in [1.165, 1.54) is 109 Å². The Labute approximate surface area is 410 Å². The Bertz CT molecular complexity index is 1190. The third kappa shape index (κ3) is 26.2. The van der Waals surface area contributed by atoms with Gasteiger partial charge in [0.05, 0.1) is 5.92 Å². The molecule has 0 saturated heterocycles. The first kappa shape index (κ1) is 63.7. The maximum atomic E-state index is 11.9. The summed E-state index contributed by atoms with van der Waals surface area (Å²) in [4.78, 5) is 0. The van der Waals surface area contributed by atoms with E-state index >= 15 is 0 Å². The van der Waals surface area contributed by atoms with Gasteiger partial charge < -0.3 is 0 Å². The second-order valence-corrected chi connectivity index (χ2v) is 30.1. The Hall–Kier alpha value is -0.350. The molecular formula is C61H117F5. The fraction of sp³-hybridized carbons (Fsp3) is 1.00. The summed E-state index contributed by atoms with van der Waals surface area (Å²) in [6, 6.07) is 0. The van der Waals surface area contributed by atoms with Crippen molar-refractivity contribution in [2.45, 2.75) is 293 Å². The molecule has 0 aromatic carbocycles. The molecule has 0 spiro atoms. The normalized spacial score (nSPS) is 36.4. The van der Waals surface area contributed by atoms with E-state index in [0.29, 0.717) is 28.1 Å². The molecule has 9 rings (SSSR count). The zero-order valence-corrected chi connectivity index (χ0v) is 48.3. The molecule has 9 fully saturated rings. The molecule has 9 aliphatic rings. The first-order valence-electron chi connectivity index (χ1n) is 28.0. The average molecular weight is 946 g/mol. The minimum atomic E-state index is -3.95. The minimum absolute atomic E-state index is 0.126. The van der Waals surface area contributed by atoms with Crippen LogP contribution < -0.4 is 0 Å². The first-order chi connectivity index (χ1) is 29.6. The van der Waals surface area contributed by atoms with Crippen molar-refractivity contribution in [2.75, 3.05) is 0 Å². The van der Waals surface area contributed by atoms with E-state index in [2.05, 4.69) is 132 Å². The SMILES string of the molecule is CC1(C)CCC1.CC1(C)CCC1.CC1C(F)CC1F.CC1CC(C(F)(F)F)[C@H]1C.CC1CC(C)(C)C1.CC1CC(C)(C)C1.CC1CC(C)(C)CC(C)(C)C1.CC1CC(C)C1.CC1CC(C)C1. The first-order valence-corrected chi connectivity index (χ1v) is 28.0. The summed E-state index contributed by atoms with van der Waals surface area (Å²) in [7, 11) is 0. The minimum Gasteiger partial charge on any atom is -0.247 e. The smallest absolute Gasteiger partial charge is 0.247 e. The highest BCUT2D eigenvalue weighted by Gasteiger charge is 2.51. The zero-order valence-electron chi connectivity index (χ0n) is 48.3. The number of rotatable bonds is 0. The van der Waals surface area contributed by atoms with Crippen LogP contribution in [0.1, 0.15) is 274 Å². The van der Waals surface area contributed by atoms with Crippen LogP contribution >= 0.6 is 0 Å². The predicted octanol–water partition coefficient (Wildman–Crippen LogP) is 21.8. The van der Waals surface area contributed by atoms with Crippen LogP contribution in [0.3, 0.4) is 0 Å². The van der Waals surface area contributed by atoms with Gasteiger partial charge in [-0.3, -0.25) is 0 Å². The lowest BCUT2D eigenvalue weighted by molar-refractivity contribution is -0.223. The average Bonchev–Trinajstić information content (AvgIpc) is 3.07. The molecule has 0 radical (unpaired) electrons. The number of halogens is 5. The standard InChI is InChI=1S/C11H22.C7H11F3.2C7H14.4C6H12.C5H8F2/c1-9-6-10(2,3)8-11(4,5)7-9;1-4-3-6(5(4)2)7(8,9)10;2*1-6-4-7(2,3)5-6;2*1-5-3-6(2)4-5;2*1-6(2)4-3-5-6;1-3-4(6)2-5(3)7/h9H,6-8H2,1-5H3;4-6H,3H2,1-2H3;2*6H,4-5H2,1-3H3;2*5-6H,3-4H2,1-2H3;2*3-5H2,1-2H3;3-5H,2H2,1H3/t;4?,5-,6?;;;;;;;/m.0......./s1. The highest BCUT2D eigenvalue weighted by atomic mass is 19.4. The maximum Gasteiger partial charge on any atom is 0.392 e. The van der Waals surface area contributed by atoms with Crippen LogP contribution in [-0.4, -0.2) is 18.5 Å². The van der Waals surface area contributed by atoms with Gasteiger partial charge in [-0.05, 0) is 188 Å². The summed E-state index contributed by atoms with van der Waals surface area (Å²) in [5.74, 6) is 5.84. The molecule has 5 heteroatoms. The second kappa shape index (κ2) is 26.4. The lowest BCUT2D eigenvalue weighted by Crippen LogP contribution is -2.42. The topological polar surface area (TPSA) is 0 Å². The molecule has 5 atom stereocenters. The molecule has 0 nitrogen and oxygen atoms in total. The van der Waals surface area contributed by atoms with Gasteiger partial charge in [-0.15, -0.1) is 0 Å². The lowest BCUT2D eigenvalue weighted by atomic mass is 9.62. The molecule has 0 bridgehead atoms. The van der Waals surface area contributed by atoms with E-state index < -0.39 is 24.4 Å². The molecule has 0 heterocycles. The summed E-state index contributed by atoms with van der Waals surface area (Å²) >= 11 is 0. The van der Waals surface area contributed by atoms with Crippen LogP contribution in [0.25, 0.3) is 0 Å². The van der Waals surface area contributed by atoms with E-state index in [9.17, 15) is 22.0 Å². The van der Waals surface area contributed by atoms with Gasteiger partial charge >= 0.3 is 6.18 Å². The van der Waals surface area contributed by atoms with Gasteiger partial charge in [0.2, 0.25) is 0 Å². The van der Waals surface area contributed by atoms with Gasteiger partial charge in [-0.25, -0.2) is 8.78 Å².